The standard InChI is InChI=1S/C23H26N2O5/c1-16-7-3-4-8-18(16)22(27)25-13-11-17(12-14-25)23(28)30-15-21(26)24-19-9-5-6-10-20(19)29-2/h3-10,17H,11-15H2,1-2H3,(H,24,26). The fourth-order valence-electron chi connectivity index (χ4n) is 3.49. The highest BCUT2D eigenvalue weighted by Gasteiger charge is 2.29. The number of likely N-dealkylation sites (tertiary alicyclic amines) is 1. The average Bonchev–Trinajstić information content (AvgIpc) is 2.78. The minimum Gasteiger partial charge on any atom is -0.495 e. The van der Waals surface area contributed by atoms with E-state index in [2.05, 4.69) is 5.32 Å². The molecular formula is C23H26N2O5. The zero-order chi connectivity index (χ0) is 21.5. The Bertz CT molecular complexity index is 919. The molecule has 0 radical (unpaired) electrons. The normalized spacial score (nSPS) is 14.1. The van der Waals surface area contributed by atoms with E-state index >= 15 is 0 Å². The first-order chi connectivity index (χ1) is 14.5. The summed E-state index contributed by atoms with van der Waals surface area (Å²) in [5.74, 6) is -0.642. The largest absolute Gasteiger partial charge is 0.495 e. The third kappa shape index (κ3) is 5.17. The Labute approximate surface area is 176 Å². The number of piperidine rings is 1. The summed E-state index contributed by atoms with van der Waals surface area (Å²) >= 11 is 0. The van der Waals surface area contributed by atoms with E-state index in [4.69, 9.17) is 9.47 Å². The van der Waals surface area contributed by atoms with Crippen molar-refractivity contribution >= 4 is 23.5 Å². The number of esters is 1. The summed E-state index contributed by atoms with van der Waals surface area (Å²) in [4.78, 5) is 38.9. The van der Waals surface area contributed by atoms with Gasteiger partial charge >= 0.3 is 5.97 Å². The molecule has 3 rings (SSSR count). The van der Waals surface area contributed by atoms with Gasteiger partial charge in [-0.3, -0.25) is 14.4 Å². The second-order valence-electron chi connectivity index (χ2n) is 7.24. The van der Waals surface area contributed by atoms with Crippen LogP contribution in [0, 0.1) is 12.8 Å². The average molecular weight is 410 g/mol. The number of carbonyl (C=O) groups is 3. The molecule has 0 atom stereocenters. The summed E-state index contributed by atoms with van der Waals surface area (Å²) in [6.45, 7) is 2.52. The van der Waals surface area contributed by atoms with Gasteiger partial charge in [0.15, 0.2) is 6.61 Å². The zero-order valence-corrected chi connectivity index (χ0v) is 17.2. The van der Waals surface area contributed by atoms with Gasteiger partial charge in [-0.15, -0.1) is 0 Å². The van der Waals surface area contributed by atoms with Crippen LogP contribution in [0.2, 0.25) is 0 Å². The van der Waals surface area contributed by atoms with E-state index in [0.29, 0.717) is 42.9 Å². The summed E-state index contributed by atoms with van der Waals surface area (Å²) in [6, 6.07) is 14.5. The fourth-order valence-corrected chi connectivity index (χ4v) is 3.49. The predicted octanol–water partition coefficient (Wildman–Crippen LogP) is 3.04. The van der Waals surface area contributed by atoms with Crippen molar-refractivity contribution in [3.05, 3.63) is 59.7 Å². The summed E-state index contributed by atoms with van der Waals surface area (Å²) in [5.41, 5.74) is 2.14. The Morgan fingerprint density at radius 1 is 1.03 bits per heavy atom. The highest BCUT2D eigenvalue weighted by molar-refractivity contribution is 5.96. The van der Waals surface area contributed by atoms with Crippen LogP contribution in [0.25, 0.3) is 0 Å². The number of nitrogens with zero attached hydrogens (tertiary/aromatic N) is 1. The van der Waals surface area contributed by atoms with E-state index in [1.807, 2.05) is 31.2 Å². The van der Waals surface area contributed by atoms with Crippen molar-refractivity contribution in [2.75, 3.05) is 32.1 Å². The van der Waals surface area contributed by atoms with E-state index in [1.165, 1.54) is 7.11 Å². The van der Waals surface area contributed by atoms with Crippen molar-refractivity contribution in [3.8, 4) is 5.75 Å². The van der Waals surface area contributed by atoms with Crippen LogP contribution in [0.15, 0.2) is 48.5 Å². The number of carbonyl (C=O) groups excluding carboxylic acids is 3. The zero-order valence-electron chi connectivity index (χ0n) is 17.2. The molecule has 1 aliphatic heterocycles. The molecule has 2 amide bonds. The lowest BCUT2D eigenvalue weighted by atomic mass is 9.96. The Morgan fingerprint density at radius 3 is 2.40 bits per heavy atom. The predicted molar refractivity (Wildman–Crippen MR) is 112 cm³/mol. The van der Waals surface area contributed by atoms with Crippen LogP contribution in [-0.4, -0.2) is 49.5 Å². The van der Waals surface area contributed by atoms with Gasteiger partial charge in [0.05, 0.1) is 18.7 Å². The van der Waals surface area contributed by atoms with Crippen LogP contribution in [-0.2, 0) is 14.3 Å². The minimum absolute atomic E-state index is 0.0175. The molecule has 158 valence electrons. The third-order valence-electron chi connectivity index (χ3n) is 5.22. The summed E-state index contributed by atoms with van der Waals surface area (Å²) in [6.07, 6.45) is 1.04. The van der Waals surface area contributed by atoms with E-state index in [1.54, 1.807) is 29.2 Å². The number of hydrogen-bond donors (Lipinski definition) is 1. The van der Waals surface area contributed by atoms with Gasteiger partial charge < -0.3 is 19.7 Å². The van der Waals surface area contributed by atoms with Crippen molar-refractivity contribution in [1.29, 1.82) is 0 Å². The van der Waals surface area contributed by atoms with Crippen LogP contribution in [0.3, 0.4) is 0 Å². The molecule has 1 aliphatic rings. The number of methoxy groups -OCH3 is 1. The van der Waals surface area contributed by atoms with Crippen molar-refractivity contribution in [3.63, 3.8) is 0 Å². The number of nitrogens with one attached hydrogen (secondary N) is 1. The molecule has 2 aromatic carbocycles. The van der Waals surface area contributed by atoms with Gasteiger partial charge in [0.1, 0.15) is 5.75 Å². The SMILES string of the molecule is COc1ccccc1NC(=O)COC(=O)C1CCN(C(=O)c2ccccc2C)CC1. The summed E-state index contributed by atoms with van der Waals surface area (Å²) in [5, 5.41) is 2.67. The van der Waals surface area contributed by atoms with Crippen LogP contribution < -0.4 is 10.1 Å². The highest BCUT2D eigenvalue weighted by atomic mass is 16.5. The maximum atomic E-state index is 12.7. The molecule has 0 saturated carbocycles. The van der Waals surface area contributed by atoms with Crippen LogP contribution in [0.4, 0.5) is 5.69 Å². The van der Waals surface area contributed by atoms with Gasteiger partial charge in [-0.25, -0.2) is 0 Å². The maximum absolute atomic E-state index is 12.7. The molecule has 30 heavy (non-hydrogen) atoms. The first-order valence-electron chi connectivity index (χ1n) is 9.94. The number of aryl methyl sites for hydroxylation is 1. The third-order valence-corrected chi connectivity index (χ3v) is 5.22. The van der Waals surface area contributed by atoms with Crippen LogP contribution in [0.5, 0.6) is 5.75 Å². The molecule has 7 nitrogen and oxygen atoms in total. The smallest absolute Gasteiger partial charge is 0.309 e. The molecular weight excluding hydrogens is 384 g/mol. The summed E-state index contributed by atoms with van der Waals surface area (Å²) < 4.78 is 10.4. The van der Waals surface area contributed by atoms with E-state index < -0.39 is 11.9 Å². The molecule has 2 aromatic rings. The Balaban J connectivity index is 1.46. The number of amides is 2. The molecule has 1 fully saturated rings. The monoisotopic (exact) mass is 410 g/mol. The summed E-state index contributed by atoms with van der Waals surface area (Å²) in [7, 11) is 1.52. The molecule has 1 heterocycles. The van der Waals surface area contributed by atoms with Crippen molar-refractivity contribution in [2.24, 2.45) is 5.92 Å². The van der Waals surface area contributed by atoms with E-state index in [9.17, 15) is 14.4 Å². The Morgan fingerprint density at radius 2 is 1.70 bits per heavy atom. The number of rotatable bonds is 6. The first kappa shape index (κ1) is 21.4. The topological polar surface area (TPSA) is 84.9 Å². The molecule has 1 N–H and O–H groups in total. The van der Waals surface area contributed by atoms with E-state index in [0.717, 1.165) is 5.56 Å². The quantitative estimate of drug-likeness (QED) is 0.740. The number of para-hydroxylation sites is 2. The van der Waals surface area contributed by atoms with Crippen LogP contribution in [0.1, 0.15) is 28.8 Å². The van der Waals surface area contributed by atoms with Gasteiger partial charge in [-0.1, -0.05) is 30.3 Å². The maximum Gasteiger partial charge on any atom is 0.309 e. The van der Waals surface area contributed by atoms with Gasteiger partial charge in [0.2, 0.25) is 0 Å². The number of ether oxygens (including phenoxy) is 2. The molecule has 0 aromatic heterocycles. The van der Waals surface area contributed by atoms with Crippen molar-refractivity contribution in [1.82, 2.24) is 4.90 Å². The second-order valence-corrected chi connectivity index (χ2v) is 7.24. The van der Waals surface area contributed by atoms with Gasteiger partial charge in [0, 0.05) is 18.7 Å². The molecule has 0 spiro atoms. The van der Waals surface area contributed by atoms with Crippen molar-refractivity contribution in [2.45, 2.75) is 19.8 Å². The molecule has 1 saturated heterocycles. The first-order valence-corrected chi connectivity index (χ1v) is 9.94. The van der Waals surface area contributed by atoms with Gasteiger partial charge in [-0.05, 0) is 43.5 Å². The second kappa shape index (κ2) is 9.91. The number of benzene rings is 2. The van der Waals surface area contributed by atoms with Gasteiger partial charge in [0.25, 0.3) is 11.8 Å². The lowest BCUT2D eigenvalue weighted by Gasteiger charge is -2.31. The number of anilines is 1. The Kier molecular flexibility index (Phi) is 7.06. The lowest BCUT2D eigenvalue weighted by molar-refractivity contribution is -0.152. The minimum atomic E-state index is -0.431. The van der Waals surface area contributed by atoms with E-state index in [-0.39, 0.29) is 18.4 Å². The lowest BCUT2D eigenvalue weighted by Crippen LogP contribution is -2.41. The molecule has 0 unspecified atom stereocenters. The van der Waals surface area contributed by atoms with Crippen LogP contribution >= 0.6 is 0 Å². The Hall–Kier alpha value is -3.35. The molecule has 7 heteroatoms. The number of hydrogen-bond acceptors (Lipinski definition) is 5. The fraction of sp³-hybridized carbons (Fsp3) is 0.348. The molecule has 0 aliphatic carbocycles. The van der Waals surface area contributed by atoms with Gasteiger partial charge in [-0.2, -0.15) is 0 Å². The highest BCUT2D eigenvalue weighted by Crippen LogP contribution is 2.23. The molecule has 0 bridgehead atoms. The van der Waals surface area contributed by atoms with Crippen molar-refractivity contribution < 1.29 is 23.9 Å².